The van der Waals surface area contributed by atoms with Crippen LogP contribution in [0.25, 0.3) is 0 Å². The van der Waals surface area contributed by atoms with Crippen LogP contribution in [-0.2, 0) is 23.8 Å². The molecule has 2 heterocycles. The molecular weight excluding hydrogens is 232 g/mol. The van der Waals surface area contributed by atoms with Crippen molar-refractivity contribution in [3.63, 3.8) is 0 Å². The van der Waals surface area contributed by atoms with Crippen LogP contribution in [0.3, 0.4) is 0 Å². The monoisotopic (exact) mass is 246 g/mol. The van der Waals surface area contributed by atoms with E-state index in [1.807, 2.05) is 0 Å². The number of esters is 2. The highest BCUT2D eigenvalue weighted by Gasteiger charge is 2.58. The topological polar surface area (TPSA) is 102 Å². The number of carbonyl (C=O) groups is 2. The molecule has 0 saturated carbocycles. The minimum atomic E-state index is -1.43. The molecule has 96 valence electrons. The van der Waals surface area contributed by atoms with Gasteiger partial charge in [0.15, 0.2) is 12.4 Å². The van der Waals surface area contributed by atoms with Crippen molar-refractivity contribution in [3.8, 4) is 0 Å². The second kappa shape index (κ2) is 4.25. The summed E-state index contributed by atoms with van der Waals surface area (Å²) in [4.78, 5) is 22.8. The van der Waals surface area contributed by atoms with E-state index >= 15 is 0 Å². The van der Waals surface area contributed by atoms with Crippen molar-refractivity contribution in [1.82, 2.24) is 0 Å². The van der Waals surface area contributed by atoms with Crippen molar-refractivity contribution >= 4 is 11.9 Å². The van der Waals surface area contributed by atoms with Crippen LogP contribution < -0.4 is 0 Å². The van der Waals surface area contributed by atoms with E-state index in [0.717, 1.165) is 0 Å². The minimum Gasteiger partial charge on any atom is -0.454 e. The van der Waals surface area contributed by atoms with Gasteiger partial charge in [-0.15, -0.1) is 0 Å². The van der Waals surface area contributed by atoms with Gasteiger partial charge in [0.1, 0.15) is 12.2 Å². The average Bonchev–Trinajstić information content (AvgIpc) is 2.69. The standard InChI is InChI=1S/C10H14O7/c1-3(2)8(12)17-7-6-5(15-10(7)14)4(11)9(13)16-6/h3-7,9,11,13H,1-2H3. The second-order valence-corrected chi connectivity index (χ2v) is 4.40. The normalized spacial score (nSPS) is 40.3. The second-order valence-electron chi connectivity index (χ2n) is 4.40. The molecule has 2 saturated heterocycles. The fourth-order valence-electron chi connectivity index (χ4n) is 1.77. The van der Waals surface area contributed by atoms with Crippen LogP contribution in [0.15, 0.2) is 0 Å². The molecule has 0 aliphatic carbocycles. The Morgan fingerprint density at radius 3 is 2.59 bits per heavy atom. The van der Waals surface area contributed by atoms with E-state index in [1.165, 1.54) is 0 Å². The Balaban J connectivity index is 2.08. The molecule has 0 spiro atoms. The summed E-state index contributed by atoms with van der Waals surface area (Å²) in [7, 11) is 0. The van der Waals surface area contributed by atoms with Gasteiger partial charge in [-0.3, -0.25) is 4.79 Å². The highest BCUT2D eigenvalue weighted by Crippen LogP contribution is 2.32. The van der Waals surface area contributed by atoms with Crippen molar-refractivity contribution in [2.75, 3.05) is 0 Å². The minimum absolute atomic E-state index is 0.391. The maximum atomic E-state index is 11.4. The van der Waals surface area contributed by atoms with E-state index in [0.29, 0.717) is 0 Å². The van der Waals surface area contributed by atoms with Crippen LogP contribution in [-0.4, -0.2) is 52.9 Å². The maximum Gasteiger partial charge on any atom is 0.350 e. The fraction of sp³-hybridized carbons (Fsp3) is 0.800. The zero-order valence-electron chi connectivity index (χ0n) is 9.40. The van der Waals surface area contributed by atoms with Crippen molar-refractivity contribution in [1.29, 1.82) is 0 Å². The Morgan fingerprint density at radius 2 is 2.00 bits per heavy atom. The van der Waals surface area contributed by atoms with Crippen LogP contribution in [0, 0.1) is 5.92 Å². The lowest BCUT2D eigenvalue weighted by Crippen LogP contribution is -2.36. The highest BCUT2D eigenvalue weighted by molar-refractivity contribution is 5.82. The molecule has 0 radical (unpaired) electrons. The first kappa shape index (κ1) is 12.3. The van der Waals surface area contributed by atoms with E-state index in [2.05, 4.69) is 0 Å². The van der Waals surface area contributed by atoms with Gasteiger partial charge in [-0.25, -0.2) is 4.79 Å². The SMILES string of the molecule is CC(C)C(=O)OC1C(=O)OC2C(O)C(O)OC12. The van der Waals surface area contributed by atoms with Crippen LogP contribution in [0.1, 0.15) is 13.8 Å². The number of aliphatic hydroxyl groups excluding tert-OH is 2. The lowest BCUT2D eigenvalue weighted by molar-refractivity contribution is -0.182. The van der Waals surface area contributed by atoms with Crippen LogP contribution in [0.2, 0.25) is 0 Å². The first-order valence-corrected chi connectivity index (χ1v) is 5.34. The molecular formula is C10H14O7. The molecule has 7 heteroatoms. The molecule has 17 heavy (non-hydrogen) atoms. The quantitative estimate of drug-likeness (QED) is 0.575. The van der Waals surface area contributed by atoms with Gasteiger partial charge in [0, 0.05) is 0 Å². The summed E-state index contributed by atoms with van der Waals surface area (Å²) in [5.41, 5.74) is 0. The van der Waals surface area contributed by atoms with Crippen molar-refractivity contribution < 1.29 is 34.0 Å². The zero-order chi connectivity index (χ0) is 12.7. The smallest absolute Gasteiger partial charge is 0.350 e. The Morgan fingerprint density at radius 1 is 1.35 bits per heavy atom. The fourth-order valence-corrected chi connectivity index (χ4v) is 1.77. The number of carbonyl (C=O) groups excluding carboxylic acids is 2. The lowest BCUT2D eigenvalue weighted by atomic mass is 10.1. The van der Waals surface area contributed by atoms with Crippen molar-refractivity contribution in [2.24, 2.45) is 5.92 Å². The maximum absolute atomic E-state index is 11.4. The Bertz CT molecular complexity index is 340. The van der Waals surface area contributed by atoms with Gasteiger partial charge in [-0.1, -0.05) is 13.8 Å². The molecule has 7 nitrogen and oxygen atoms in total. The third-order valence-corrected chi connectivity index (χ3v) is 2.75. The number of ether oxygens (including phenoxy) is 3. The molecule has 2 aliphatic heterocycles. The van der Waals surface area contributed by atoms with Gasteiger partial charge < -0.3 is 24.4 Å². The van der Waals surface area contributed by atoms with E-state index in [4.69, 9.17) is 14.2 Å². The van der Waals surface area contributed by atoms with Crippen molar-refractivity contribution in [3.05, 3.63) is 0 Å². The predicted octanol–water partition coefficient (Wildman–Crippen LogP) is -1.44. The molecule has 0 bridgehead atoms. The molecule has 2 rings (SSSR count). The molecule has 5 atom stereocenters. The zero-order valence-corrected chi connectivity index (χ0v) is 9.40. The van der Waals surface area contributed by atoms with E-state index in [9.17, 15) is 19.8 Å². The number of fused-ring (bicyclic) bond motifs is 1. The molecule has 2 N–H and O–H groups in total. The Labute approximate surface area is 97.3 Å². The van der Waals surface area contributed by atoms with Gasteiger partial charge in [-0.05, 0) is 0 Å². The summed E-state index contributed by atoms with van der Waals surface area (Å²) in [6.07, 6.45) is -5.90. The third kappa shape index (κ3) is 2.01. The average molecular weight is 246 g/mol. The first-order valence-electron chi connectivity index (χ1n) is 5.34. The third-order valence-electron chi connectivity index (χ3n) is 2.75. The Hall–Kier alpha value is -1.18. The highest BCUT2D eigenvalue weighted by atomic mass is 16.7. The first-order chi connectivity index (χ1) is 7.91. The van der Waals surface area contributed by atoms with E-state index in [-0.39, 0.29) is 0 Å². The summed E-state index contributed by atoms with van der Waals surface area (Å²) in [5, 5.41) is 18.7. The van der Waals surface area contributed by atoms with Gasteiger partial charge in [0.25, 0.3) is 0 Å². The largest absolute Gasteiger partial charge is 0.454 e. The van der Waals surface area contributed by atoms with Crippen LogP contribution in [0.5, 0.6) is 0 Å². The number of hydrogen-bond acceptors (Lipinski definition) is 7. The number of aliphatic hydroxyl groups is 2. The summed E-state index contributed by atoms with van der Waals surface area (Å²) in [5.74, 6) is -1.72. The molecule has 5 unspecified atom stereocenters. The van der Waals surface area contributed by atoms with Gasteiger partial charge in [0.2, 0.25) is 6.10 Å². The summed E-state index contributed by atoms with van der Waals surface area (Å²) < 4.78 is 14.7. The molecule has 2 fully saturated rings. The van der Waals surface area contributed by atoms with Crippen LogP contribution in [0.4, 0.5) is 0 Å². The van der Waals surface area contributed by atoms with E-state index < -0.39 is 48.6 Å². The molecule has 0 amide bonds. The van der Waals surface area contributed by atoms with Crippen molar-refractivity contribution in [2.45, 2.75) is 44.6 Å². The molecule has 2 aliphatic rings. The van der Waals surface area contributed by atoms with Gasteiger partial charge in [0.05, 0.1) is 5.92 Å². The lowest BCUT2D eigenvalue weighted by Gasteiger charge is -2.16. The summed E-state index contributed by atoms with van der Waals surface area (Å²) in [6, 6.07) is 0. The van der Waals surface area contributed by atoms with Gasteiger partial charge >= 0.3 is 11.9 Å². The summed E-state index contributed by atoms with van der Waals surface area (Å²) >= 11 is 0. The summed E-state index contributed by atoms with van der Waals surface area (Å²) in [6.45, 7) is 3.25. The van der Waals surface area contributed by atoms with Gasteiger partial charge in [-0.2, -0.15) is 0 Å². The molecule has 0 aromatic rings. The number of rotatable bonds is 2. The van der Waals surface area contributed by atoms with E-state index in [1.54, 1.807) is 13.8 Å². The Kier molecular flexibility index (Phi) is 3.07. The molecule has 0 aromatic heterocycles. The molecule has 0 aromatic carbocycles. The number of hydrogen-bond donors (Lipinski definition) is 2. The van der Waals surface area contributed by atoms with Crippen LogP contribution >= 0.6 is 0 Å². The predicted molar refractivity (Wildman–Crippen MR) is 51.5 cm³/mol.